The largest absolute Gasteiger partial charge is 0.377 e. The van der Waals surface area contributed by atoms with Gasteiger partial charge in [-0.15, -0.1) is 11.3 Å². The van der Waals surface area contributed by atoms with Crippen LogP contribution in [0.4, 0.5) is 4.39 Å². The highest BCUT2D eigenvalue weighted by atomic mass is 32.1. The highest BCUT2D eigenvalue weighted by Crippen LogP contribution is 2.39. The Morgan fingerprint density at radius 1 is 1.25 bits per heavy atom. The zero-order valence-electron chi connectivity index (χ0n) is 22.9. The smallest absolute Gasteiger partial charge is 0.280 e. The van der Waals surface area contributed by atoms with Gasteiger partial charge in [-0.1, -0.05) is 12.1 Å². The highest BCUT2D eigenvalue weighted by Gasteiger charge is 2.40. The average Bonchev–Trinajstić information content (AvgIpc) is 3.65. The van der Waals surface area contributed by atoms with Gasteiger partial charge in [-0.25, -0.2) is 25.2 Å². The van der Waals surface area contributed by atoms with Crippen LogP contribution in [0.25, 0.3) is 22.4 Å². The molecule has 2 fully saturated rings. The number of fused-ring (bicyclic) bond motifs is 1. The van der Waals surface area contributed by atoms with Gasteiger partial charge in [0.15, 0.2) is 5.01 Å². The van der Waals surface area contributed by atoms with Crippen LogP contribution in [0.1, 0.15) is 52.6 Å². The second-order valence-electron chi connectivity index (χ2n) is 10.6. The second-order valence-corrected chi connectivity index (χ2v) is 11.9. The number of benzene rings is 1. The van der Waals surface area contributed by atoms with E-state index in [1.807, 2.05) is 26.1 Å². The van der Waals surface area contributed by atoms with E-state index in [4.69, 9.17) is 14.7 Å². The first kappa shape index (κ1) is 26.9. The number of aryl methyl sites for hydroxylation is 1. The number of hydrazine groups is 1. The van der Waals surface area contributed by atoms with Crippen molar-refractivity contribution in [2.45, 2.75) is 57.0 Å². The van der Waals surface area contributed by atoms with Crippen LogP contribution in [0, 0.1) is 12.7 Å². The molecule has 0 bridgehead atoms. The number of halogens is 1. The molecule has 1 saturated heterocycles. The molecular formula is C28H33FN8O2S. The third-order valence-electron chi connectivity index (χ3n) is 8.13. The minimum absolute atomic E-state index is 0.210. The number of aromatic nitrogens is 4. The lowest BCUT2D eigenvalue weighted by molar-refractivity contribution is 0.00531. The Kier molecular flexibility index (Phi) is 7.13. The van der Waals surface area contributed by atoms with E-state index in [9.17, 15) is 4.79 Å². The van der Waals surface area contributed by atoms with E-state index in [1.165, 1.54) is 17.4 Å². The number of nitrogens with zero attached hydrogens (tertiary/aromatic N) is 5. The van der Waals surface area contributed by atoms with E-state index in [-0.39, 0.29) is 29.9 Å². The van der Waals surface area contributed by atoms with Crippen molar-refractivity contribution in [3.8, 4) is 11.4 Å². The van der Waals surface area contributed by atoms with Crippen LogP contribution in [0.15, 0.2) is 42.7 Å². The molecule has 0 radical (unpaired) electrons. The molecule has 40 heavy (non-hydrogen) atoms. The predicted molar refractivity (Wildman–Crippen MR) is 151 cm³/mol. The topological polar surface area (TPSA) is 109 Å². The predicted octanol–water partition coefficient (Wildman–Crippen LogP) is 3.71. The Hall–Kier alpha value is -3.29. The SMILES string of the molecule is CO[C@H]1[C@@H](NC(=O)c2ncc(C)s2)CCC[C@H]1n1c(-c2ccccc2F)nc2cnc(C3(C)NNCN3C)cc21. The van der Waals surface area contributed by atoms with Gasteiger partial charge in [-0.05, 0) is 58.4 Å². The standard InChI is InChI=1S/C28H33FN8O2S/c1-16-13-31-27(40-16)26(38)34-19-10-7-11-21(24(19)39-4)37-22-12-23(28(2)35-32-15-36(28)3)30-14-20(22)33-25(37)17-8-5-6-9-18(17)29/h5-6,8-9,12-14,19,21,24,32,35H,7,10-11,15H2,1-4H3,(H,34,38)/t19-,21+,24-,28?/m0/s1. The van der Waals surface area contributed by atoms with Crippen molar-refractivity contribution in [3.05, 3.63) is 64.1 Å². The minimum Gasteiger partial charge on any atom is -0.377 e. The fourth-order valence-corrected chi connectivity index (χ4v) is 6.53. The van der Waals surface area contributed by atoms with Crippen molar-refractivity contribution in [1.82, 2.24) is 40.6 Å². The Bertz CT molecular complexity index is 1560. The Balaban J connectivity index is 1.46. The molecule has 3 aromatic heterocycles. The summed E-state index contributed by atoms with van der Waals surface area (Å²) in [5, 5.41) is 3.60. The van der Waals surface area contributed by atoms with Crippen molar-refractivity contribution in [1.29, 1.82) is 0 Å². The maximum Gasteiger partial charge on any atom is 0.280 e. The van der Waals surface area contributed by atoms with Gasteiger partial charge in [0.25, 0.3) is 5.91 Å². The summed E-state index contributed by atoms with van der Waals surface area (Å²) in [5.41, 5.74) is 8.67. The van der Waals surface area contributed by atoms with Gasteiger partial charge in [0.05, 0.1) is 47.8 Å². The van der Waals surface area contributed by atoms with Gasteiger partial charge < -0.3 is 14.6 Å². The monoisotopic (exact) mass is 564 g/mol. The fourth-order valence-electron chi connectivity index (χ4n) is 5.86. The summed E-state index contributed by atoms with van der Waals surface area (Å²) >= 11 is 1.37. The molecule has 12 heteroatoms. The molecule has 1 saturated carbocycles. The molecule has 1 aliphatic heterocycles. The zero-order valence-corrected chi connectivity index (χ0v) is 23.8. The van der Waals surface area contributed by atoms with E-state index in [2.05, 4.69) is 37.5 Å². The summed E-state index contributed by atoms with van der Waals surface area (Å²) in [6.45, 7) is 4.64. The molecule has 210 valence electrons. The van der Waals surface area contributed by atoms with Crippen LogP contribution in [0.5, 0.6) is 0 Å². The molecule has 2 aliphatic rings. The fraction of sp³-hybridized carbons (Fsp3) is 0.429. The summed E-state index contributed by atoms with van der Waals surface area (Å²) in [6, 6.07) is 8.23. The molecule has 4 heterocycles. The van der Waals surface area contributed by atoms with E-state index in [1.54, 1.807) is 31.6 Å². The minimum atomic E-state index is -0.545. The lowest BCUT2D eigenvalue weighted by Gasteiger charge is -2.39. The lowest BCUT2D eigenvalue weighted by Crippen LogP contribution is -2.50. The molecule has 4 atom stereocenters. The van der Waals surface area contributed by atoms with Crippen LogP contribution in [-0.4, -0.2) is 63.3 Å². The number of hydrogen-bond acceptors (Lipinski definition) is 9. The first-order chi connectivity index (χ1) is 19.3. The maximum absolute atomic E-state index is 15.2. The molecule has 10 nitrogen and oxygen atoms in total. The summed E-state index contributed by atoms with van der Waals surface area (Å²) in [6.07, 6.45) is 5.48. The van der Waals surface area contributed by atoms with Gasteiger partial charge in [-0.3, -0.25) is 14.7 Å². The molecule has 4 aromatic rings. The van der Waals surface area contributed by atoms with Crippen LogP contribution in [-0.2, 0) is 10.4 Å². The first-order valence-corrected chi connectivity index (χ1v) is 14.2. The van der Waals surface area contributed by atoms with Gasteiger partial charge in [0, 0.05) is 18.2 Å². The maximum atomic E-state index is 15.2. The van der Waals surface area contributed by atoms with E-state index in [0.717, 1.165) is 35.4 Å². The third-order valence-corrected chi connectivity index (χ3v) is 9.04. The normalized spacial score (nSPS) is 25.5. The van der Waals surface area contributed by atoms with Crippen molar-refractivity contribution < 1.29 is 13.9 Å². The summed E-state index contributed by atoms with van der Waals surface area (Å²) in [5.74, 6) is -0.0510. The number of amides is 1. The summed E-state index contributed by atoms with van der Waals surface area (Å²) in [7, 11) is 3.68. The van der Waals surface area contributed by atoms with Crippen LogP contribution >= 0.6 is 11.3 Å². The van der Waals surface area contributed by atoms with Crippen LogP contribution < -0.4 is 16.2 Å². The number of carbonyl (C=O) groups excluding carboxylic acids is 1. The number of imidazole rings is 1. The van der Waals surface area contributed by atoms with E-state index < -0.39 is 5.66 Å². The average molecular weight is 565 g/mol. The Morgan fingerprint density at radius 3 is 2.77 bits per heavy atom. The van der Waals surface area contributed by atoms with Gasteiger partial charge >= 0.3 is 0 Å². The summed E-state index contributed by atoms with van der Waals surface area (Å²) < 4.78 is 23.4. The van der Waals surface area contributed by atoms with Crippen molar-refractivity contribution in [2.75, 3.05) is 20.8 Å². The number of hydrogen-bond donors (Lipinski definition) is 3. The number of carbonyl (C=O) groups is 1. The van der Waals surface area contributed by atoms with Crippen LogP contribution in [0.2, 0.25) is 0 Å². The molecule has 1 unspecified atom stereocenters. The van der Waals surface area contributed by atoms with Gasteiger partial charge in [0.1, 0.15) is 22.8 Å². The number of methoxy groups -OCH3 is 1. The lowest BCUT2D eigenvalue weighted by atomic mass is 9.87. The zero-order chi connectivity index (χ0) is 28.0. The van der Waals surface area contributed by atoms with Crippen molar-refractivity contribution in [3.63, 3.8) is 0 Å². The Labute approximate surface area is 235 Å². The number of nitrogens with one attached hydrogen (secondary N) is 3. The van der Waals surface area contributed by atoms with Crippen molar-refractivity contribution >= 4 is 28.3 Å². The number of ether oxygens (including phenoxy) is 1. The van der Waals surface area contributed by atoms with E-state index in [0.29, 0.717) is 28.6 Å². The molecule has 1 amide bonds. The van der Waals surface area contributed by atoms with Gasteiger partial charge in [-0.2, -0.15) is 0 Å². The van der Waals surface area contributed by atoms with Gasteiger partial charge in [0.2, 0.25) is 0 Å². The second kappa shape index (κ2) is 10.6. The molecule has 1 aliphatic carbocycles. The molecule has 0 spiro atoms. The molecule has 6 rings (SSSR count). The Morgan fingerprint density at radius 2 is 2.08 bits per heavy atom. The highest BCUT2D eigenvalue weighted by molar-refractivity contribution is 7.13. The first-order valence-electron chi connectivity index (χ1n) is 13.4. The van der Waals surface area contributed by atoms with E-state index >= 15 is 4.39 Å². The third kappa shape index (κ3) is 4.59. The molecular weight excluding hydrogens is 531 g/mol. The number of thiazole rings is 1. The number of rotatable bonds is 6. The molecule has 1 aromatic carbocycles. The molecule has 3 N–H and O–H groups in total. The van der Waals surface area contributed by atoms with Crippen LogP contribution in [0.3, 0.4) is 0 Å². The quantitative estimate of drug-likeness (QED) is 0.325. The van der Waals surface area contributed by atoms with Crippen molar-refractivity contribution in [2.24, 2.45) is 0 Å². The summed E-state index contributed by atoms with van der Waals surface area (Å²) in [4.78, 5) is 30.1. The number of pyridine rings is 1.